The molecule has 1 aromatic carbocycles. The van der Waals surface area contributed by atoms with Gasteiger partial charge in [-0.1, -0.05) is 18.2 Å². The third-order valence-corrected chi connectivity index (χ3v) is 3.30. The molecular formula is C13H16N2O3. The van der Waals surface area contributed by atoms with Crippen molar-refractivity contribution in [2.75, 3.05) is 32.9 Å². The molecule has 3 rings (SSSR count). The van der Waals surface area contributed by atoms with Gasteiger partial charge in [0.05, 0.1) is 19.3 Å². The minimum absolute atomic E-state index is 0.0383. The molecule has 1 unspecified atom stereocenters. The smallest absolute Gasteiger partial charge is 0.318 e. The molecule has 1 N–H and O–H groups in total. The fourth-order valence-corrected chi connectivity index (χ4v) is 2.29. The SMILES string of the molecule is O=C(NC1COc2ccccc21)N1CCOCC1. The average Bonchev–Trinajstić information content (AvgIpc) is 2.83. The number of fused-ring (bicyclic) bond motifs is 1. The molecule has 0 spiro atoms. The molecule has 96 valence electrons. The van der Waals surface area contributed by atoms with Gasteiger partial charge < -0.3 is 19.7 Å². The van der Waals surface area contributed by atoms with Crippen LogP contribution in [0.1, 0.15) is 11.6 Å². The summed E-state index contributed by atoms with van der Waals surface area (Å²) in [6.45, 7) is 3.05. The lowest BCUT2D eigenvalue weighted by molar-refractivity contribution is 0.0523. The van der Waals surface area contributed by atoms with Gasteiger partial charge in [-0.3, -0.25) is 0 Å². The van der Waals surface area contributed by atoms with E-state index in [0.29, 0.717) is 32.9 Å². The number of rotatable bonds is 1. The molecule has 1 saturated heterocycles. The molecule has 1 atom stereocenters. The van der Waals surface area contributed by atoms with Gasteiger partial charge in [-0.05, 0) is 6.07 Å². The molecule has 0 bridgehead atoms. The number of hydrogen-bond donors (Lipinski definition) is 1. The standard InChI is InChI=1S/C13H16N2O3/c16-13(15-5-7-17-8-6-15)14-11-9-18-12-4-2-1-3-10(11)12/h1-4,11H,5-9H2,(H,14,16). The van der Waals surface area contributed by atoms with Gasteiger partial charge in [0.2, 0.25) is 0 Å². The highest BCUT2D eigenvalue weighted by atomic mass is 16.5. The van der Waals surface area contributed by atoms with E-state index in [1.807, 2.05) is 24.3 Å². The van der Waals surface area contributed by atoms with E-state index in [1.165, 1.54) is 0 Å². The summed E-state index contributed by atoms with van der Waals surface area (Å²) in [5, 5.41) is 3.01. The van der Waals surface area contributed by atoms with Gasteiger partial charge >= 0.3 is 6.03 Å². The van der Waals surface area contributed by atoms with E-state index < -0.39 is 0 Å². The maximum absolute atomic E-state index is 12.1. The number of carbonyl (C=O) groups excluding carboxylic acids is 1. The molecule has 2 heterocycles. The topological polar surface area (TPSA) is 50.8 Å². The van der Waals surface area contributed by atoms with Crippen LogP contribution in [0.25, 0.3) is 0 Å². The predicted molar refractivity (Wildman–Crippen MR) is 65.6 cm³/mol. The zero-order valence-electron chi connectivity index (χ0n) is 10.1. The van der Waals surface area contributed by atoms with Crippen molar-refractivity contribution >= 4 is 6.03 Å². The van der Waals surface area contributed by atoms with Gasteiger partial charge in [0, 0.05) is 18.7 Å². The van der Waals surface area contributed by atoms with Crippen LogP contribution in [0.3, 0.4) is 0 Å². The van der Waals surface area contributed by atoms with Crippen molar-refractivity contribution in [2.45, 2.75) is 6.04 Å². The summed E-state index contributed by atoms with van der Waals surface area (Å²) in [5.74, 6) is 0.866. The van der Waals surface area contributed by atoms with Gasteiger partial charge in [0.1, 0.15) is 12.4 Å². The van der Waals surface area contributed by atoms with E-state index >= 15 is 0 Å². The highest BCUT2D eigenvalue weighted by molar-refractivity contribution is 5.75. The molecule has 0 aromatic heterocycles. The Bertz CT molecular complexity index is 444. The second-order valence-electron chi connectivity index (χ2n) is 4.45. The maximum Gasteiger partial charge on any atom is 0.318 e. The lowest BCUT2D eigenvalue weighted by Gasteiger charge is -2.28. The lowest BCUT2D eigenvalue weighted by Crippen LogP contribution is -2.47. The molecule has 5 heteroatoms. The largest absolute Gasteiger partial charge is 0.491 e. The Labute approximate surface area is 106 Å². The number of nitrogens with one attached hydrogen (secondary N) is 1. The van der Waals surface area contributed by atoms with Gasteiger partial charge in [0.15, 0.2) is 0 Å². The molecule has 1 aromatic rings. The Balaban J connectivity index is 1.65. The van der Waals surface area contributed by atoms with Gasteiger partial charge in [0.25, 0.3) is 0 Å². The summed E-state index contributed by atoms with van der Waals surface area (Å²) in [5.41, 5.74) is 1.05. The third kappa shape index (κ3) is 2.13. The molecule has 0 saturated carbocycles. The van der Waals surface area contributed by atoms with Crippen molar-refractivity contribution in [3.63, 3.8) is 0 Å². The first-order chi connectivity index (χ1) is 8.84. The monoisotopic (exact) mass is 248 g/mol. The summed E-state index contributed by atoms with van der Waals surface area (Å²) in [6, 6.07) is 7.73. The Kier molecular flexibility index (Phi) is 3.06. The highest BCUT2D eigenvalue weighted by Crippen LogP contribution is 2.31. The number of hydrogen-bond acceptors (Lipinski definition) is 3. The number of para-hydroxylation sites is 1. The minimum Gasteiger partial charge on any atom is -0.491 e. The van der Waals surface area contributed by atoms with Crippen LogP contribution < -0.4 is 10.1 Å². The Morgan fingerprint density at radius 3 is 2.89 bits per heavy atom. The first kappa shape index (κ1) is 11.3. The summed E-state index contributed by atoms with van der Waals surface area (Å²) < 4.78 is 10.8. The lowest BCUT2D eigenvalue weighted by atomic mass is 10.1. The first-order valence-corrected chi connectivity index (χ1v) is 6.19. The van der Waals surface area contributed by atoms with Crippen LogP contribution in [0.15, 0.2) is 24.3 Å². The van der Waals surface area contributed by atoms with Gasteiger partial charge in [-0.25, -0.2) is 4.79 Å². The van der Waals surface area contributed by atoms with Gasteiger partial charge in [-0.15, -0.1) is 0 Å². The van der Waals surface area contributed by atoms with Gasteiger partial charge in [-0.2, -0.15) is 0 Å². The number of amides is 2. The quantitative estimate of drug-likeness (QED) is 0.811. The van der Waals surface area contributed by atoms with Crippen molar-refractivity contribution in [1.29, 1.82) is 0 Å². The van der Waals surface area contributed by atoms with Crippen LogP contribution in [0.4, 0.5) is 4.79 Å². The minimum atomic E-state index is -0.0449. The third-order valence-electron chi connectivity index (χ3n) is 3.30. The maximum atomic E-state index is 12.1. The Morgan fingerprint density at radius 1 is 1.28 bits per heavy atom. The fourth-order valence-electron chi connectivity index (χ4n) is 2.29. The van der Waals surface area contributed by atoms with Crippen molar-refractivity contribution < 1.29 is 14.3 Å². The van der Waals surface area contributed by atoms with Crippen molar-refractivity contribution in [2.24, 2.45) is 0 Å². The van der Waals surface area contributed by atoms with E-state index in [2.05, 4.69) is 5.32 Å². The molecule has 5 nitrogen and oxygen atoms in total. The molecule has 2 aliphatic heterocycles. The predicted octanol–water partition coefficient (Wildman–Crippen LogP) is 1.16. The van der Waals surface area contributed by atoms with Crippen LogP contribution in [-0.4, -0.2) is 43.8 Å². The number of benzene rings is 1. The van der Waals surface area contributed by atoms with Crippen molar-refractivity contribution in [3.05, 3.63) is 29.8 Å². The van der Waals surface area contributed by atoms with E-state index in [0.717, 1.165) is 11.3 Å². The van der Waals surface area contributed by atoms with E-state index in [-0.39, 0.29) is 12.1 Å². The number of ether oxygens (including phenoxy) is 2. The van der Waals surface area contributed by atoms with E-state index in [4.69, 9.17) is 9.47 Å². The first-order valence-electron chi connectivity index (χ1n) is 6.19. The summed E-state index contributed by atoms with van der Waals surface area (Å²) in [6.07, 6.45) is 0. The molecule has 0 aliphatic carbocycles. The van der Waals surface area contributed by atoms with Crippen LogP contribution in [0.5, 0.6) is 5.75 Å². The molecule has 18 heavy (non-hydrogen) atoms. The number of carbonyl (C=O) groups is 1. The van der Waals surface area contributed by atoms with Crippen molar-refractivity contribution in [1.82, 2.24) is 10.2 Å². The zero-order chi connectivity index (χ0) is 12.4. The second-order valence-corrected chi connectivity index (χ2v) is 4.45. The van der Waals surface area contributed by atoms with E-state index in [1.54, 1.807) is 4.90 Å². The molecule has 1 fully saturated rings. The average molecular weight is 248 g/mol. The fraction of sp³-hybridized carbons (Fsp3) is 0.462. The zero-order valence-corrected chi connectivity index (χ0v) is 10.1. The summed E-state index contributed by atoms with van der Waals surface area (Å²) in [7, 11) is 0. The Morgan fingerprint density at radius 2 is 2.06 bits per heavy atom. The summed E-state index contributed by atoms with van der Waals surface area (Å²) >= 11 is 0. The van der Waals surface area contributed by atoms with Crippen LogP contribution in [0, 0.1) is 0 Å². The van der Waals surface area contributed by atoms with E-state index in [9.17, 15) is 4.79 Å². The van der Waals surface area contributed by atoms with Crippen LogP contribution in [-0.2, 0) is 4.74 Å². The highest BCUT2D eigenvalue weighted by Gasteiger charge is 2.27. The number of urea groups is 1. The number of morpholine rings is 1. The summed E-state index contributed by atoms with van der Waals surface area (Å²) in [4.78, 5) is 13.8. The van der Waals surface area contributed by atoms with Crippen LogP contribution >= 0.6 is 0 Å². The Hall–Kier alpha value is -1.75. The normalized spacial score (nSPS) is 22.2. The van der Waals surface area contributed by atoms with Crippen molar-refractivity contribution in [3.8, 4) is 5.75 Å². The van der Waals surface area contributed by atoms with Crippen LogP contribution in [0.2, 0.25) is 0 Å². The molecule has 2 aliphatic rings. The molecule has 2 amide bonds. The molecular weight excluding hydrogens is 232 g/mol. The second kappa shape index (κ2) is 4.86. The number of nitrogens with zero attached hydrogens (tertiary/aromatic N) is 1. The molecule has 0 radical (unpaired) electrons.